The number of amidine groups is 1. The first-order chi connectivity index (χ1) is 9.42. The lowest BCUT2D eigenvalue weighted by Gasteiger charge is -2.23. The predicted molar refractivity (Wildman–Crippen MR) is 85.0 cm³/mol. The lowest BCUT2D eigenvalue weighted by molar-refractivity contribution is 0.303. The number of nitrogens with one attached hydrogen (secondary N) is 1. The number of nitrogens with two attached hydrogens (primary N) is 1. The third kappa shape index (κ3) is 4.65. The van der Waals surface area contributed by atoms with Gasteiger partial charge in [0.1, 0.15) is 5.84 Å². The highest BCUT2D eigenvalue weighted by Gasteiger charge is 2.30. The summed E-state index contributed by atoms with van der Waals surface area (Å²) in [5, 5.41) is 15.6. The molecule has 0 amide bonds. The van der Waals surface area contributed by atoms with E-state index in [0.717, 1.165) is 37.6 Å². The minimum atomic E-state index is -0.206. The molecule has 1 fully saturated rings. The van der Waals surface area contributed by atoms with Crippen molar-refractivity contribution in [1.29, 1.82) is 0 Å². The Morgan fingerprint density at radius 3 is 2.60 bits per heavy atom. The van der Waals surface area contributed by atoms with Crippen molar-refractivity contribution < 1.29 is 5.21 Å². The van der Waals surface area contributed by atoms with E-state index in [-0.39, 0.29) is 5.41 Å². The smallest absolute Gasteiger partial charge is 0.144 e. The molecular formula is C16H33N3O. The molecule has 0 radical (unpaired) electrons. The number of oxime groups is 1. The van der Waals surface area contributed by atoms with E-state index < -0.39 is 0 Å². The fourth-order valence-corrected chi connectivity index (χ4v) is 3.35. The maximum Gasteiger partial charge on any atom is 0.144 e. The van der Waals surface area contributed by atoms with E-state index in [4.69, 9.17) is 10.9 Å². The van der Waals surface area contributed by atoms with Crippen LogP contribution in [0, 0.1) is 17.3 Å². The van der Waals surface area contributed by atoms with Gasteiger partial charge in [-0.15, -0.1) is 0 Å². The Kier molecular flexibility index (Phi) is 6.80. The predicted octanol–water partition coefficient (Wildman–Crippen LogP) is 3.34. The minimum Gasteiger partial charge on any atom is -0.409 e. The van der Waals surface area contributed by atoms with E-state index in [9.17, 15) is 0 Å². The fraction of sp³-hybridized carbons (Fsp3) is 0.938. The Bertz CT molecular complexity index is 315. The van der Waals surface area contributed by atoms with E-state index in [0.29, 0.717) is 11.9 Å². The van der Waals surface area contributed by atoms with Crippen LogP contribution in [0.25, 0.3) is 0 Å². The van der Waals surface area contributed by atoms with E-state index in [1.54, 1.807) is 0 Å². The minimum absolute atomic E-state index is 0.206. The van der Waals surface area contributed by atoms with Gasteiger partial charge in [0.05, 0.1) is 0 Å². The van der Waals surface area contributed by atoms with E-state index >= 15 is 0 Å². The van der Waals surface area contributed by atoms with Gasteiger partial charge in [-0.3, -0.25) is 0 Å². The van der Waals surface area contributed by atoms with Crippen LogP contribution < -0.4 is 11.1 Å². The van der Waals surface area contributed by atoms with Crippen LogP contribution in [0.15, 0.2) is 5.16 Å². The Labute approximate surface area is 124 Å². The Hall–Kier alpha value is -0.770. The van der Waals surface area contributed by atoms with Gasteiger partial charge in [-0.1, -0.05) is 45.7 Å². The SMILES string of the molecule is CCC1CCC(NCCCCC(C)(C)C(N)=NO)C1C. The molecule has 0 aromatic rings. The zero-order chi connectivity index (χ0) is 15.2. The first kappa shape index (κ1) is 17.3. The molecule has 1 saturated carbocycles. The third-order valence-electron chi connectivity index (χ3n) is 5.19. The van der Waals surface area contributed by atoms with Gasteiger partial charge in [0.25, 0.3) is 0 Å². The van der Waals surface area contributed by atoms with Crippen LogP contribution in [0.3, 0.4) is 0 Å². The van der Waals surface area contributed by atoms with Crippen molar-refractivity contribution in [2.24, 2.45) is 28.1 Å². The molecule has 3 unspecified atom stereocenters. The highest BCUT2D eigenvalue weighted by Crippen LogP contribution is 2.33. The fourth-order valence-electron chi connectivity index (χ4n) is 3.35. The normalized spacial score (nSPS) is 28.0. The Morgan fingerprint density at radius 2 is 2.05 bits per heavy atom. The summed E-state index contributed by atoms with van der Waals surface area (Å²) in [6.45, 7) is 9.83. The Balaban J connectivity index is 2.17. The number of nitrogens with zero attached hydrogens (tertiary/aromatic N) is 1. The Morgan fingerprint density at radius 1 is 1.35 bits per heavy atom. The summed E-state index contributed by atoms with van der Waals surface area (Å²) >= 11 is 0. The van der Waals surface area contributed by atoms with Gasteiger partial charge in [-0.2, -0.15) is 0 Å². The van der Waals surface area contributed by atoms with Crippen LogP contribution in [0.4, 0.5) is 0 Å². The van der Waals surface area contributed by atoms with Gasteiger partial charge in [-0.05, 0) is 44.1 Å². The molecule has 1 rings (SSSR count). The van der Waals surface area contributed by atoms with Crippen LogP contribution in [0.5, 0.6) is 0 Å². The average Bonchev–Trinajstić information content (AvgIpc) is 2.78. The first-order valence-corrected chi connectivity index (χ1v) is 8.13. The zero-order valence-electron chi connectivity index (χ0n) is 13.7. The van der Waals surface area contributed by atoms with Crippen molar-refractivity contribution in [3.8, 4) is 0 Å². The van der Waals surface area contributed by atoms with Gasteiger partial charge < -0.3 is 16.3 Å². The molecule has 1 aliphatic rings. The summed E-state index contributed by atoms with van der Waals surface area (Å²) in [4.78, 5) is 0. The molecule has 1 aliphatic carbocycles. The molecule has 4 nitrogen and oxygen atoms in total. The molecule has 0 spiro atoms. The monoisotopic (exact) mass is 283 g/mol. The van der Waals surface area contributed by atoms with Crippen molar-refractivity contribution >= 4 is 5.84 Å². The van der Waals surface area contributed by atoms with E-state index in [2.05, 4.69) is 24.3 Å². The molecule has 0 heterocycles. The van der Waals surface area contributed by atoms with Crippen LogP contribution >= 0.6 is 0 Å². The summed E-state index contributed by atoms with van der Waals surface area (Å²) < 4.78 is 0. The second kappa shape index (κ2) is 7.87. The summed E-state index contributed by atoms with van der Waals surface area (Å²) in [6.07, 6.45) is 7.24. The molecule has 0 aliphatic heterocycles. The molecule has 4 heteroatoms. The van der Waals surface area contributed by atoms with Gasteiger partial charge >= 0.3 is 0 Å². The summed E-state index contributed by atoms with van der Waals surface area (Å²) in [5.41, 5.74) is 5.49. The molecule has 0 bridgehead atoms. The zero-order valence-corrected chi connectivity index (χ0v) is 13.7. The molecular weight excluding hydrogens is 250 g/mol. The first-order valence-electron chi connectivity index (χ1n) is 8.13. The third-order valence-corrected chi connectivity index (χ3v) is 5.19. The van der Waals surface area contributed by atoms with E-state index in [1.165, 1.54) is 19.3 Å². The maximum atomic E-state index is 8.74. The molecule has 0 aromatic carbocycles. The van der Waals surface area contributed by atoms with Crippen LogP contribution in [-0.2, 0) is 0 Å². The van der Waals surface area contributed by atoms with Crippen molar-refractivity contribution in [3.63, 3.8) is 0 Å². The van der Waals surface area contributed by atoms with Crippen LogP contribution in [0.2, 0.25) is 0 Å². The standard InChI is InChI=1S/C16H33N3O/c1-5-13-8-9-14(12(13)2)18-11-7-6-10-16(3,4)15(17)19-20/h12-14,18,20H,5-11H2,1-4H3,(H2,17,19). The van der Waals surface area contributed by atoms with Gasteiger partial charge in [-0.25, -0.2) is 0 Å². The van der Waals surface area contributed by atoms with Crippen molar-refractivity contribution in [2.75, 3.05) is 6.54 Å². The number of hydrogen-bond donors (Lipinski definition) is 3. The second-order valence-corrected chi connectivity index (χ2v) is 6.99. The number of hydrogen-bond acceptors (Lipinski definition) is 3. The average molecular weight is 283 g/mol. The number of unbranched alkanes of at least 4 members (excludes halogenated alkanes) is 1. The maximum absolute atomic E-state index is 8.74. The largest absolute Gasteiger partial charge is 0.409 e. The molecule has 4 N–H and O–H groups in total. The molecule has 0 saturated heterocycles. The number of rotatable bonds is 8. The van der Waals surface area contributed by atoms with E-state index in [1.807, 2.05) is 13.8 Å². The quantitative estimate of drug-likeness (QED) is 0.210. The van der Waals surface area contributed by atoms with Crippen LogP contribution in [-0.4, -0.2) is 23.6 Å². The summed E-state index contributed by atoms with van der Waals surface area (Å²) in [6, 6.07) is 0.706. The highest BCUT2D eigenvalue weighted by molar-refractivity contribution is 5.85. The van der Waals surface area contributed by atoms with Crippen molar-refractivity contribution in [1.82, 2.24) is 5.32 Å². The van der Waals surface area contributed by atoms with Crippen molar-refractivity contribution in [3.05, 3.63) is 0 Å². The molecule has 0 aromatic heterocycles. The van der Waals surface area contributed by atoms with Gasteiger partial charge in [0.15, 0.2) is 0 Å². The topological polar surface area (TPSA) is 70.6 Å². The lowest BCUT2D eigenvalue weighted by Crippen LogP contribution is -2.34. The lowest BCUT2D eigenvalue weighted by atomic mass is 9.86. The second-order valence-electron chi connectivity index (χ2n) is 6.99. The summed E-state index contributed by atoms with van der Waals surface area (Å²) in [7, 11) is 0. The van der Waals surface area contributed by atoms with Gasteiger partial charge in [0.2, 0.25) is 0 Å². The summed E-state index contributed by atoms with van der Waals surface area (Å²) in [5.74, 6) is 2.06. The molecule has 3 atom stereocenters. The van der Waals surface area contributed by atoms with Crippen LogP contribution in [0.1, 0.15) is 66.2 Å². The highest BCUT2D eigenvalue weighted by atomic mass is 16.4. The van der Waals surface area contributed by atoms with Gasteiger partial charge in [0, 0.05) is 11.5 Å². The van der Waals surface area contributed by atoms with Crippen molar-refractivity contribution in [2.45, 2.75) is 72.3 Å². The molecule has 20 heavy (non-hydrogen) atoms. The molecule has 118 valence electrons.